The summed E-state index contributed by atoms with van der Waals surface area (Å²) in [5, 5.41) is 20.6. The number of aromatic carboxylic acids is 1. The zero-order valence-electron chi connectivity index (χ0n) is 9.37. The smallest absolute Gasteiger partial charge is 0.340 e. The number of carboxylic acid groups (broad SMARTS) is 1. The fourth-order valence-corrected chi connectivity index (χ4v) is 1.76. The van der Waals surface area contributed by atoms with Gasteiger partial charge in [-0.05, 0) is 12.1 Å². The zero-order chi connectivity index (χ0) is 13.1. The van der Waals surface area contributed by atoms with Crippen LogP contribution >= 0.6 is 11.6 Å². The van der Waals surface area contributed by atoms with Gasteiger partial charge in [-0.25, -0.2) is 9.48 Å². The standard InChI is InChI=1S/C10H9ClN4O3/c1-18-5-6-8(10(16)17)9(11)15(14-6)7-3-2-4-12-13-7/h2-4H,5H2,1H3,(H,16,17). The molecule has 0 radical (unpaired) electrons. The monoisotopic (exact) mass is 268 g/mol. The quantitative estimate of drug-likeness (QED) is 0.895. The van der Waals surface area contributed by atoms with E-state index in [2.05, 4.69) is 15.3 Å². The molecule has 2 heterocycles. The molecule has 2 aromatic rings. The van der Waals surface area contributed by atoms with Gasteiger partial charge in [0.2, 0.25) is 0 Å². The number of ether oxygens (including phenoxy) is 1. The summed E-state index contributed by atoms with van der Waals surface area (Å²) in [5.41, 5.74) is 0.143. The second-order valence-electron chi connectivity index (χ2n) is 3.34. The first kappa shape index (κ1) is 12.5. The molecule has 7 nitrogen and oxygen atoms in total. The average Bonchev–Trinajstić information content (AvgIpc) is 2.68. The number of hydrogen-bond acceptors (Lipinski definition) is 5. The predicted octanol–water partition coefficient (Wildman–Crippen LogP) is 1.16. The van der Waals surface area contributed by atoms with E-state index in [4.69, 9.17) is 21.4 Å². The molecule has 2 aromatic heterocycles. The number of rotatable bonds is 4. The lowest BCUT2D eigenvalue weighted by molar-refractivity contribution is 0.0692. The van der Waals surface area contributed by atoms with E-state index in [1.807, 2.05) is 0 Å². The van der Waals surface area contributed by atoms with Crippen molar-refractivity contribution in [2.24, 2.45) is 0 Å². The molecule has 0 aromatic carbocycles. The average molecular weight is 269 g/mol. The van der Waals surface area contributed by atoms with Crippen molar-refractivity contribution in [2.45, 2.75) is 6.61 Å². The summed E-state index contributed by atoms with van der Waals surface area (Å²) >= 11 is 5.99. The Morgan fingerprint density at radius 1 is 1.61 bits per heavy atom. The first-order valence-electron chi connectivity index (χ1n) is 4.93. The lowest BCUT2D eigenvalue weighted by Gasteiger charge is -1.99. The third-order valence-corrected chi connectivity index (χ3v) is 2.52. The van der Waals surface area contributed by atoms with Crippen LogP contribution in [0.2, 0.25) is 5.15 Å². The Morgan fingerprint density at radius 2 is 2.39 bits per heavy atom. The zero-order valence-corrected chi connectivity index (χ0v) is 10.1. The molecule has 0 aliphatic heterocycles. The number of hydrogen-bond donors (Lipinski definition) is 1. The third kappa shape index (κ3) is 2.18. The van der Waals surface area contributed by atoms with E-state index in [1.54, 1.807) is 12.1 Å². The number of nitrogens with zero attached hydrogens (tertiary/aromatic N) is 4. The van der Waals surface area contributed by atoms with Gasteiger partial charge < -0.3 is 9.84 Å². The maximum Gasteiger partial charge on any atom is 0.340 e. The Hall–Kier alpha value is -1.99. The molecule has 18 heavy (non-hydrogen) atoms. The van der Waals surface area contributed by atoms with E-state index in [9.17, 15) is 4.79 Å². The van der Waals surface area contributed by atoms with Crippen LogP contribution in [-0.2, 0) is 11.3 Å². The van der Waals surface area contributed by atoms with Gasteiger partial charge >= 0.3 is 5.97 Å². The Morgan fingerprint density at radius 3 is 2.94 bits per heavy atom. The van der Waals surface area contributed by atoms with Gasteiger partial charge in [-0.15, -0.1) is 5.10 Å². The molecule has 0 spiro atoms. The highest BCUT2D eigenvalue weighted by Gasteiger charge is 2.23. The fourth-order valence-electron chi connectivity index (χ4n) is 1.45. The van der Waals surface area contributed by atoms with Crippen molar-refractivity contribution < 1.29 is 14.6 Å². The molecular weight excluding hydrogens is 260 g/mol. The first-order chi connectivity index (χ1) is 8.65. The Kier molecular flexibility index (Phi) is 3.54. The van der Waals surface area contributed by atoms with Crippen LogP contribution in [0.5, 0.6) is 0 Å². The lowest BCUT2D eigenvalue weighted by atomic mass is 10.2. The van der Waals surface area contributed by atoms with Crippen LogP contribution in [0.15, 0.2) is 18.3 Å². The van der Waals surface area contributed by atoms with E-state index >= 15 is 0 Å². The highest BCUT2D eigenvalue weighted by Crippen LogP contribution is 2.23. The van der Waals surface area contributed by atoms with Crippen molar-refractivity contribution in [1.29, 1.82) is 0 Å². The van der Waals surface area contributed by atoms with Gasteiger partial charge in [0.25, 0.3) is 0 Å². The number of halogens is 1. The van der Waals surface area contributed by atoms with Gasteiger partial charge in [-0.1, -0.05) is 11.6 Å². The second kappa shape index (κ2) is 5.11. The Balaban J connectivity index is 2.57. The summed E-state index contributed by atoms with van der Waals surface area (Å²) in [6, 6.07) is 3.27. The molecule has 0 amide bonds. The summed E-state index contributed by atoms with van der Waals surface area (Å²) < 4.78 is 6.10. The molecular formula is C10H9ClN4O3. The van der Waals surface area contributed by atoms with Crippen LogP contribution in [0.1, 0.15) is 16.1 Å². The van der Waals surface area contributed by atoms with Crippen LogP contribution in [0.3, 0.4) is 0 Å². The van der Waals surface area contributed by atoms with Crippen molar-refractivity contribution in [3.8, 4) is 5.82 Å². The Labute approximate surface area is 107 Å². The van der Waals surface area contributed by atoms with Gasteiger partial charge in [0.1, 0.15) is 16.4 Å². The number of aromatic nitrogens is 4. The minimum absolute atomic E-state index is 0.0324. The SMILES string of the molecule is COCc1nn(-c2cccnn2)c(Cl)c1C(=O)O. The molecule has 0 bridgehead atoms. The van der Waals surface area contributed by atoms with E-state index < -0.39 is 5.97 Å². The van der Waals surface area contributed by atoms with Gasteiger partial charge in [-0.3, -0.25) is 0 Å². The number of carboxylic acids is 1. The van der Waals surface area contributed by atoms with Crippen molar-refractivity contribution in [1.82, 2.24) is 20.0 Å². The van der Waals surface area contributed by atoms with Gasteiger partial charge in [0.15, 0.2) is 5.82 Å². The highest BCUT2D eigenvalue weighted by atomic mass is 35.5. The minimum Gasteiger partial charge on any atom is -0.478 e. The van der Waals surface area contributed by atoms with Crippen LogP contribution in [0.25, 0.3) is 5.82 Å². The maximum absolute atomic E-state index is 11.1. The molecule has 0 aliphatic carbocycles. The van der Waals surface area contributed by atoms with Crippen LogP contribution in [0.4, 0.5) is 0 Å². The molecule has 1 N–H and O–H groups in total. The first-order valence-corrected chi connectivity index (χ1v) is 5.30. The predicted molar refractivity (Wildman–Crippen MR) is 61.8 cm³/mol. The summed E-state index contributed by atoms with van der Waals surface area (Å²) in [6.45, 7) is 0.0502. The normalized spacial score (nSPS) is 10.6. The topological polar surface area (TPSA) is 90.1 Å². The van der Waals surface area contributed by atoms with Crippen molar-refractivity contribution in [3.05, 3.63) is 34.7 Å². The van der Waals surface area contributed by atoms with E-state index in [-0.39, 0.29) is 23.0 Å². The Bertz CT molecular complexity index is 570. The minimum atomic E-state index is -1.16. The molecule has 0 saturated heterocycles. The molecule has 8 heteroatoms. The molecule has 0 fully saturated rings. The summed E-state index contributed by atoms with van der Waals surface area (Å²) in [6.07, 6.45) is 1.50. The summed E-state index contributed by atoms with van der Waals surface area (Å²) in [5.74, 6) is -0.824. The van der Waals surface area contributed by atoms with Crippen molar-refractivity contribution in [3.63, 3.8) is 0 Å². The van der Waals surface area contributed by atoms with E-state index in [0.29, 0.717) is 5.82 Å². The van der Waals surface area contributed by atoms with Crippen LogP contribution < -0.4 is 0 Å². The summed E-state index contributed by atoms with van der Waals surface area (Å²) in [4.78, 5) is 11.1. The molecule has 0 aliphatic rings. The highest BCUT2D eigenvalue weighted by molar-refractivity contribution is 6.32. The number of methoxy groups -OCH3 is 1. The van der Waals surface area contributed by atoms with E-state index in [1.165, 1.54) is 18.0 Å². The van der Waals surface area contributed by atoms with Gasteiger partial charge in [-0.2, -0.15) is 10.2 Å². The largest absolute Gasteiger partial charge is 0.478 e. The molecule has 0 unspecified atom stereocenters. The maximum atomic E-state index is 11.1. The molecule has 2 rings (SSSR count). The second-order valence-corrected chi connectivity index (χ2v) is 3.70. The molecule has 94 valence electrons. The van der Waals surface area contributed by atoms with Gasteiger partial charge in [0, 0.05) is 13.3 Å². The van der Waals surface area contributed by atoms with Crippen LogP contribution in [0, 0.1) is 0 Å². The van der Waals surface area contributed by atoms with Crippen LogP contribution in [-0.4, -0.2) is 38.2 Å². The lowest BCUT2D eigenvalue weighted by Crippen LogP contribution is -2.01. The summed E-state index contributed by atoms with van der Waals surface area (Å²) in [7, 11) is 1.45. The van der Waals surface area contributed by atoms with E-state index in [0.717, 1.165) is 0 Å². The third-order valence-electron chi connectivity index (χ3n) is 2.17. The van der Waals surface area contributed by atoms with Crippen molar-refractivity contribution >= 4 is 17.6 Å². The van der Waals surface area contributed by atoms with Crippen molar-refractivity contribution in [2.75, 3.05) is 7.11 Å². The molecule has 0 atom stereocenters. The van der Waals surface area contributed by atoms with Gasteiger partial charge in [0.05, 0.1) is 6.61 Å². The number of carbonyl (C=O) groups is 1. The fraction of sp³-hybridized carbons (Fsp3) is 0.200. The molecule has 0 saturated carbocycles.